The van der Waals surface area contributed by atoms with Crippen LogP contribution in [0.2, 0.25) is 0 Å². The van der Waals surface area contributed by atoms with E-state index in [0.29, 0.717) is 25.5 Å². The van der Waals surface area contributed by atoms with E-state index in [0.717, 1.165) is 25.1 Å². The average molecular weight is 278 g/mol. The second-order valence-corrected chi connectivity index (χ2v) is 5.02. The molecule has 0 radical (unpaired) electrons. The van der Waals surface area contributed by atoms with Gasteiger partial charge in [0.25, 0.3) is 0 Å². The smallest absolute Gasteiger partial charge is 0.356 e. The molecule has 1 aromatic rings. The number of anilines is 1. The number of rotatable bonds is 2. The number of piperidine rings is 1. The van der Waals surface area contributed by atoms with E-state index in [1.807, 2.05) is 6.07 Å². The molecular formula is C14H18N2O4. The molecule has 0 saturated carbocycles. The molecule has 0 aliphatic carbocycles. The fourth-order valence-electron chi connectivity index (χ4n) is 2.77. The van der Waals surface area contributed by atoms with Crippen LogP contribution < -0.4 is 4.90 Å². The van der Waals surface area contributed by atoms with Crippen LogP contribution in [0.25, 0.3) is 0 Å². The molecule has 20 heavy (non-hydrogen) atoms. The van der Waals surface area contributed by atoms with E-state index in [4.69, 9.17) is 14.2 Å². The molecular weight excluding hydrogens is 260 g/mol. The first-order valence-electron chi connectivity index (χ1n) is 6.80. The molecule has 0 atom stereocenters. The SMILES string of the molecule is COC(=O)c1cc(N2CCCC3(C2)OCCO3)ccn1. The number of methoxy groups -OCH3 is 1. The lowest BCUT2D eigenvalue weighted by atomic mass is 10.0. The van der Waals surface area contributed by atoms with E-state index < -0.39 is 11.8 Å². The van der Waals surface area contributed by atoms with E-state index in [2.05, 4.69) is 9.88 Å². The first kappa shape index (κ1) is 13.3. The topological polar surface area (TPSA) is 60.9 Å². The van der Waals surface area contributed by atoms with Crippen LogP contribution in [0.15, 0.2) is 18.3 Å². The van der Waals surface area contributed by atoms with Crippen molar-refractivity contribution < 1.29 is 19.0 Å². The van der Waals surface area contributed by atoms with Gasteiger partial charge in [0, 0.05) is 24.8 Å². The van der Waals surface area contributed by atoms with Crippen LogP contribution in [0.1, 0.15) is 23.3 Å². The first-order chi connectivity index (χ1) is 9.72. The number of ether oxygens (including phenoxy) is 3. The molecule has 1 spiro atoms. The number of carbonyl (C=O) groups is 1. The van der Waals surface area contributed by atoms with Gasteiger partial charge in [0.05, 0.1) is 26.9 Å². The molecule has 3 rings (SSSR count). The maximum absolute atomic E-state index is 11.5. The molecule has 1 aromatic heterocycles. The highest BCUT2D eigenvalue weighted by Gasteiger charge is 2.40. The molecule has 2 aliphatic rings. The molecule has 108 valence electrons. The third-order valence-electron chi connectivity index (χ3n) is 3.73. The minimum absolute atomic E-state index is 0.317. The predicted octanol–water partition coefficient (Wildman–Crippen LogP) is 1.21. The Labute approximate surface area is 117 Å². The van der Waals surface area contributed by atoms with Gasteiger partial charge in [-0.05, 0) is 18.6 Å². The summed E-state index contributed by atoms with van der Waals surface area (Å²) in [6, 6.07) is 3.64. The van der Waals surface area contributed by atoms with Crippen molar-refractivity contribution in [1.82, 2.24) is 4.98 Å². The highest BCUT2D eigenvalue weighted by Crippen LogP contribution is 2.32. The monoisotopic (exact) mass is 278 g/mol. The number of nitrogens with zero attached hydrogens (tertiary/aromatic N) is 2. The second kappa shape index (κ2) is 5.38. The second-order valence-electron chi connectivity index (χ2n) is 5.02. The van der Waals surface area contributed by atoms with Gasteiger partial charge in [-0.1, -0.05) is 0 Å². The van der Waals surface area contributed by atoms with Crippen molar-refractivity contribution in [3.8, 4) is 0 Å². The molecule has 0 bridgehead atoms. The third-order valence-corrected chi connectivity index (χ3v) is 3.73. The summed E-state index contributed by atoms with van der Waals surface area (Å²) in [6.07, 6.45) is 3.54. The fraction of sp³-hybridized carbons (Fsp3) is 0.571. The van der Waals surface area contributed by atoms with E-state index in [9.17, 15) is 4.79 Å². The van der Waals surface area contributed by atoms with Crippen molar-refractivity contribution in [2.75, 3.05) is 38.3 Å². The zero-order chi connectivity index (χ0) is 14.0. The summed E-state index contributed by atoms with van der Waals surface area (Å²) in [7, 11) is 1.35. The van der Waals surface area contributed by atoms with Gasteiger partial charge in [0.15, 0.2) is 5.79 Å². The standard InChI is InChI=1S/C14H18N2O4/c1-18-13(17)12-9-11(3-5-15-12)16-6-2-4-14(10-16)19-7-8-20-14/h3,5,9H,2,4,6-8,10H2,1H3. The lowest BCUT2D eigenvalue weighted by Gasteiger charge is -2.39. The van der Waals surface area contributed by atoms with Gasteiger partial charge < -0.3 is 19.1 Å². The maximum Gasteiger partial charge on any atom is 0.356 e. The van der Waals surface area contributed by atoms with E-state index in [1.165, 1.54) is 7.11 Å². The molecule has 6 nitrogen and oxygen atoms in total. The lowest BCUT2D eigenvalue weighted by Crippen LogP contribution is -2.49. The molecule has 2 fully saturated rings. The number of hydrogen-bond donors (Lipinski definition) is 0. The van der Waals surface area contributed by atoms with Gasteiger partial charge in [-0.25, -0.2) is 9.78 Å². The summed E-state index contributed by atoms with van der Waals surface area (Å²) in [5.74, 6) is -0.903. The summed E-state index contributed by atoms with van der Waals surface area (Å²) in [5.41, 5.74) is 1.26. The van der Waals surface area contributed by atoms with Crippen molar-refractivity contribution in [3.63, 3.8) is 0 Å². The largest absolute Gasteiger partial charge is 0.464 e. The van der Waals surface area contributed by atoms with Crippen molar-refractivity contribution in [2.45, 2.75) is 18.6 Å². The van der Waals surface area contributed by atoms with Gasteiger partial charge in [-0.3, -0.25) is 0 Å². The predicted molar refractivity (Wildman–Crippen MR) is 71.7 cm³/mol. The van der Waals surface area contributed by atoms with Gasteiger partial charge in [0.2, 0.25) is 0 Å². The number of esters is 1. The van der Waals surface area contributed by atoms with Crippen LogP contribution in [-0.4, -0.2) is 50.2 Å². The van der Waals surface area contributed by atoms with Gasteiger partial charge in [-0.15, -0.1) is 0 Å². The van der Waals surface area contributed by atoms with Gasteiger partial charge in [-0.2, -0.15) is 0 Å². The van der Waals surface area contributed by atoms with Gasteiger partial charge in [0.1, 0.15) is 5.69 Å². The van der Waals surface area contributed by atoms with E-state index in [-0.39, 0.29) is 0 Å². The Morgan fingerprint density at radius 1 is 1.45 bits per heavy atom. The summed E-state index contributed by atoms with van der Waals surface area (Å²) in [4.78, 5) is 17.7. The molecule has 3 heterocycles. The Hall–Kier alpha value is -1.66. The van der Waals surface area contributed by atoms with Crippen molar-refractivity contribution >= 4 is 11.7 Å². The fourth-order valence-corrected chi connectivity index (χ4v) is 2.77. The van der Waals surface area contributed by atoms with Crippen LogP contribution in [-0.2, 0) is 14.2 Å². The molecule has 0 N–H and O–H groups in total. The Morgan fingerprint density at radius 2 is 2.25 bits per heavy atom. The van der Waals surface area contributed by atoms with Crippen molar-refractivity contribution in [2.24, 2.45) is 0 Å². The molecule has 2 saturated heterocycles. The van der Waals surface area contributed by atoms with Crippen LogP contribution in [0.4, 0.5) is 5.69 Å². The normalized spacial score (nSPS) is 21.1. The Morgan fingerprint density at radius 3 is 3.00 bits per heavy atom. The van der Waals surface area contributed by atoms with Crippen LogP contribution in [0, 0.1) is 0 Å². The Balaban J connectivity index is 1.80. The minimum Gasteiger partial charge on any atom is -0.464 e. The number of carbonyl (C=O) groups excluding carboxylic acids is 1. The highest BCUT2D eigenvalue weighted by atomic mass is 16.7. The Kier molecular flexibility index (Phi) is 3.58. The molecule has 0 aromatic carbocycles. The highest BCUT2D eigenvalue weighted by molar-refractivity contribution is 5.88. The first-order valence-corrected chi connectivity index (χ1v) is 6.80. The zero-order valence-electron chi connectivity index (χ0n) is 11.5. The minimum atomic E-state index is -0.479. The quantitative estimate of drug-likeness (QED) is 0.758. The van der Waals surface area contributed by atoms with Crippen LogP contribution in [0.5, 0.6) is 0 Å². The average Bonchev–Trinajstić information content (AvgIpc) is 2.94. The maximum atomic E-state index is 11.5. The van der Waals surface area contributed by atoms with Gasteiger partial charge >= 0.3 is 5.97 Å². The zero-order valence-corrected chi connectivity index (χ0v) is 11.5. The van der Waals surface area contributed by atoms with E-state index in [1.54, 1.807) is 12.3 Å². The molecule has 2 aliphatic heterocycles. The molecule has 6 heteroatoms. The van der Waals surface area contributed by atoms with E-state index >= 15 is 0 Å². The summed E-state index contributed by atoms with van der Waals surface area (Å²) in [5, 5.41) is 0. The number of aromatic nitrogens is 1. The summed E-state index contributed by atoms with van der Waals surface area (Å²) in [6.45, 7) is 2.89. The van der Waals surface area contributed by atoms with Crippen molar-refractivity contribution in [1.29, 1.82) is 0 Å². The number of pyridine rings is 1. The molecule has 0 amide bonds. The van der Waals surface area contributed by atoms with Crippen LogP contribution >= 0.6 is 0 Å². The number of hydrogen-bond acceptors (Lipinski definition) is 6. The third kappa shape index (κ3) is 2.48. The lowest BCUT2D eigenvalue weighted by molar-refractivity contribution is -0.161. The molecule has 0 unspecified atom stereocenters. The van der Waals surface area contributed by atoms with Crippen LogP contribution in [0.3, 0.4) is 0 Å². The summed E-state index contributed by atoms with van der Waals surface area (Å²) >= 11 is 0. The summed E-state index contributed by atoms with van der Waals surface area (Å²) < 4.78 is 16.2. The van der Waals surface area contributed by atoms with Crippen molar-refractivity contribution in [3.05, 3.63) is 24.0 Å². The Bertz CT molecular complexity index is 500.